The minimum Gasteiger partial charge on any atom is -0.304 e. The number of unbranched alkanes of at least 4 members (excludes halogenated alkanes) is 3. The largest absolute Gasteiger partial charge is 0.304 e. The van der Waals surface area contributed by atoms with E-state index in [0.717, 1.165) is 31.2 Å². The molecule has 4 heteroatoms. The summed E-state index contributed by atoms with van der Waals surface area (Å²) in [5, 5.41) is 0. The fourth-order valence-corrected chi connectivity index (χ4v) is 2.12. The molecule has 1 aromatic carbocycles. The van der Waals surface area contributed by atoms with E-state index in [-0.39, 0.29) is 5.69 Å². The van der Waals surface area contributed by atoms with Gasteiger partial charge < -0.3 is 4.98 Å². The molecule has 0 fully saturated rings. The molecular formula is C16H19FN2O. The summed E-state index contributed by atoms with van der Waals surface area (Å²) in [6.45, 7) is 2.12. The molecule has 0 saturated carbocycles. The molecule has 0 aliphatic rings. The SMILES string of the molecule is CCCCCCc1nc(-c2ccccc2)[nH]c(=O)c1F. The van der Waals surface area contributed by atoms with Crippen molar-refractivity contribution in [1.82, 2.24) is 9.97 Å². The van der Waals surface area contributed by atoms with Gasteiger partial charge in [0.15, 0.2) is 0 Å². The highest BCUT2D eigenvalue weighted by Crippen LogP contribution is 2.15. The number of halogens is 1. The molecule has 0 amide bonds. The van der Waals surface area contributed by atoms with Crippen LogP contribution in [-0.4, -0.2) is 9.97 Å². The zero-order valence-electron chi connectivity index (χ0n) is 11.7. The van der Waals surface area contributed by atoms with Gasteiger partial charge in [-0.3, -0.25) is 4.79 Å². The summed E-state index contributed by atoms with van der Waals surface area (Å²) in [6, 6.07) is 9.30. The van der Waals surface area contributed by atoms with Gasteiger partial charge in [-0.25, -0.2) is 4.98 Å². The van der Waals surface area contributed by atoms with Crippen molar-refractivity contribution in [3.05, 3.63) is 52.2 Å². The van der Waals surface area contributed by atoms with E-state index in [1.807, 2.05) is 30.3 Å². The van der Waals surface area contributed by atoms with Crippen molar-refractivity contribution in [2.45, 2.75) is 39.0 Å². The van der Waals surface area contributed by atoms with Gasteiger partial charge in [0.25, 0.3) is 5.56 Å². The van der Waals surface area contributed by atoms with Gasteiger partial charge in [-0.2, -0.15) is 4.39 Å². The molecule has 0 bridgehead atoms. The number of H-pyrrole nitrogens is 1. The van der Waals surface area contributed by atoms with Crippen LogP contribution in [0.4, 0.5) is 4.39 Å². The standard InChI is InChI=1S/C16H19FN2O/c1-2-3-4-8-11-13-14(17)16(20)19-15(18-13)12-9-6-5-7-10-12/h5-7,9-10H,2-4,8,11H2,1H3,(H,18,19,20). The van der Waals surface area contributed by atoms with Gasteiger partial charge >= 0.3 is 0 Å². The van der Waals surface area contributed by atoms with Crippen LogP contribution < -0.4 is 5.56 Å². The Morgan fingerprint density at radius 3 is 2.60 bits per heavy atom. The van der Waals surface area contributed by atoms with Gasteiger partial charge in [0, 0.05) is 5.56 Å². The second-order valence-corrected chi connectivity index (χ2v) is 4.85. The molecule has 1 N–H and O–H groups in total. The number of aryl methyl sites for hydroxylation is 1. The van der Waals surface area contributed by atoms with E-state index in [2.05, 4.69) is 16.9 Å². The topological polar surface area (TPSA) is 45.8 Å². The monoisotopic (exact) mass is 274 g/mol. The molecule has 0 saturated heterocycles. The maximum Gasteiger partial charge on any atom is 0.287 e. The molecule has 0 spiro atoms. The summed E-state index contributed by atoms with van der Waals surface area (Å²) >= 11 is 0. The van der Waals surface area contributed by atoms with Crippen molar-refractivity contribution in [2.24, 2.45) is 0 Å². The lowest BCUT2D eigenvalue weighted by molar-refractivity contribution is 0.565. The van der Waals surface area contributed by atoms with E-state index >= 15 is 0 Å². The number of rotatable bonds is 6. The van der Waals surface area contributed by atoms with Crippen molar-refractivity contribution in [1.29, 1.82) is 0 Å². The van der Waals surface area contributed by atoms with Crippen LogP contribution in [0.3, 0.4) is 0 Å². The predicted octanol–water partition coefficient (Wildman–Crippen LogP) is 3.70. The maximum atomic E-state index is 13.8. The highest BCUT2D eigenvalue weighted by Gasteiger charge is 2.11. The van der Waals surface area contributed by atoms with Gasteiger partial charge in [0.05, 0.1) is 5.69 Å². The number of nitrogens with one attached hydrogen (secondary N) is 1. The molecule has 0 aliphatic carbocycles. The maximum absolute atomic E-state index is 13.8. The second kappa shape index (κ2) is 6.98. The summed E-state index contributed by atoms with van der Waals surface area (Å²) in [5.74, 6) is -0.316. The van der Waals surface area contributed by atoms with Crippen molar-refractivity contribution < 1.29 is 4.39 Å². The van der Waals surface area contributed by atoms with Crippen LogP contribution in [0.5, 0.6) is 0 Å². The molecule has 3 nitrogen and oxygen atoms in total. The Morgan fingerprint density at radius 1 is 1.15 bits per heavy atom. The van der Waals surface area contributed by atoms with E-state index in [4.69, 9.17) is 0 Å². The Kier molecular flexibility index (Phi) is 5.04. The average Bonchev–Trinajstić information content (AvgIpc) is 2.48. The Balaban J connectivity index is 2.24. The zero-order valence-corrected chi connectivity index (χ0v) is 11.7. The predicted molar refractivity (Wildman–Crippen MR) is 78.1 cm³/mol. The van der Waals surface area contributed by atoms with Gasteiger partial charge in [-0.1, -0.05) is 56.5 Å². The molecule has 2 aromatic rings. The quantitative estimate of drug-likeness (QED) is 0.816. The normalized spacial score (nSPS) is 10.7. The van der Waals surface area contributed by atoms with E-state index in [0.29, 0.717) is 12.2 Å². The molecule has 0 atom stereocenters. The van der Waals surface area contributed by atoms with Crippen molar-refractivity contribution >= 4 is 0 Å². The van der Waals surface area contributed by atoms with Crippen LogP contribution in [0.1, 0.15) is 38.3 Å². The lowest BCUT2D eigenvalue weighted by Gasteiger charge is -2.06. The smallest absolute Gasteiger partial charge is 0.287 e. The molecule has 0 radical (unpaired) electrons. The first-order valence-electron chi connectivity index (χ1n) is 7.06. The van der Waals surface area contributed by atoms with Gasteiger partial charge in [-0.05, 0) is 12.8 Å². The van der Waals surface area contributed by atoms with Gasteiger partial charge in [-0.15, -0.1) is 0 Å². The van der Waals surface area contributed by atoms with Crippen LogP contribution in [0.15, 0.2) is 35.1 Å². The van der Waals surface area contributed by atoms with Crippen LogP contribution >= 0.6 is 0 Å². The third kappa shape index (κ3) is 3.53. The van der Waals surface area contributed by atoms with Crippen molar-refractivity contribution in [2.75, 3.05) is 0 Å². The number of hydrogen-bond donors (Lipinski definition) is 1. The molecule has 20 heavy (non-hydrogen) atoms. The zero-order chi connectivity index (χ0) is 14.4. The first-order chi connectivity index (χ1) is 9.72. The van der Waals surface area contributed by atoms with Gasteiger partial charge in [0.1, 0.15) is 5.82 Å². The second-order valence-electron chi connectivity index (χ2n) is 4.85. The third-order valence-corrected chi connectivity index (χ3v) is 3.25. The average molecular weight is 274 g/mol. The molecule has 106 valence electrons. The third-order valence-electron chi connectivity index (χ3n) is 3.25. The number of aromatic amines is 1. The number of hydrogen-bond acceptors (Lipinski definition) is 2. The summed E-state index contributed by atoms with van der Waals surface area (Å²) < 4.78 is 13.8. The summed E-state index contributed by atoms with van der Waals surface area (Å²) in [4.78, 5) is 18.4. The van der Waals surface area contributed by atoms with Crippen molar-refractivity contribution in [3.63, 3.8) is 0 Å². The molecule has 0 aliphatic heterocycles. The molecule has 2 rings (SSSR count). The van der Waals surface area contributed by atoms with E-state index in [1.165, 1.54) is 0 Å². The van der Waals surface area contributed by atoms with E-state index in [9.17, 15) is 9.18 Å². The van der Waals surface area contributed by atoms with Crippen LogP contribution in [0, 0.1) is 5.82 Å². The molecule has 0 unspecified atom stereocenters. The fraction of sp³-hybridized carbons (Fsp3) is 0.375. The highest BCUT2D eigenvalue weighted by atomic mass is 19.1. The highest BCUT2D eigenvalue weighted by molar-refractivity contribution is 5.54. The van der Waals surface area contributed by atoms with Crippen molar-refractivity contribution in [3.8, 4) is 11.4 Å². The lowest BCUT2D eigenvalue weighted by Crippen LogP contribution is -2.17. The Bertz CT molecular complexity index is 608. The minimum absolute atomic E-state index is 0.267. The van der Waals surface area contributed by atoms with Crippen LogP contribution in [0.25, 0.3) is 11.4 Å². The molecule has 1 heterocycles. The van der Waals surface area contributed by atoms with E-state index in [1.54, 1.807) is 0 Å². The Morgan fingerprint density at radius 2 is 1.90 bits per heavy atom. The fourth-order valence-electron chi connectivity index (χ4n) is 2.12. The Labute approximate surface area is 117 Å². The molecule has 1 aromatic heterocycles. The number of nitrogens with zero attached hydrogens (tertiary/aromatic N) is 1. The van der Waals surface area contributed by atoms with E-state index < -0.39 is 11.4 Å². The number of aromatic nitrogens is 2. The summed E-state index contributed by atoms with van der Waals surface area (Å²) in [7, 11) is 0. The Hall–Kier alpha value is -1.97. The van der Waals surface area contributed by atoms with Gasteiger partial charge in [0.2, 0.25) is 5.82 Å². The lowest BCUT2D eigenvalue weighted by atomic mass is 10.1. The first-order valence-corrected chi connectivity index (χ1v) is 7.06. The first kappa shape index (κ1) is 14.4. The minimum atomic E-state index is -0.749. The van der Waals surface area contributed by atoms with Crippen LogP contribution in [0.2, 0.25) is 0 Å². The summed E-state index contributed by atoms with van der Waals surface area (Å²) in [6.07, 6.45) is 4.65. The number of benzene rings is 1. The van der Waals surface area contributed by atoms with Crippen LogP contribution in [-0.2, 0) is 6.42 Å². The molecular weight excluding hydrogens is 255 g/mol. The summed E-state index contributed by atoms with van der Waals surface area (Å²) in [5.41, 5.74) is 0.368.